The largest absolute Gasteiger partial charge is 0.445 e. The Labute approximate surface area is 154 Å². The minimum Gasteiger partial charge on any atom is -0.445 e. The average Bonchev–Trinajstić information content (AvgIpc) is 3.14. The lowest BCUT2D eigenvalue weighted by atomic mass is 10.1. The summed E-state index contributed by atoms with van der Waals surface area (Å²) in [5.41, 5.74) is 6.62. The summed E-state index contributed by atoms with van der Waals surface area (Å²) in [7, 11) is 0. The molecule has 26 heavy (non-hydrogen) atoms. The third-order valence-corrected chi connectivity index (χ3v) is 4.73. The summed E-state index contributed by atoms with van der Waals surface area (Å²) in [6, 6.07) is 8.88. The number of nitrogens with two attached hydrogens (primary N) is 1. The summed E-state index contributed by atoms with van der Waals surface area (Å²) in [5, 5.41) is 0. The van der Waals surface area contributed by atoms with Crippen LogP contribution in [-0.4, -0.2) is 58.8 Å². The van der Waals surface area contributed by atoms with Gasteiger partial charge in [0.1, 0.15) is 12.2 Å². The number of benzene rings is 1. The van der Waals surface area contributed by atoms with E-state index in [2.05, 4.69) is 0 Å². The molecule has 0 bridgehead atoms. The van der Waals surface area contributed by atoms with Gasteiger partial charge in [0.05, 0.1) is 12.1 Å². The molecular weight excluding hydrogens is 334 g/mol. The van der Waals surface area contributed by atoms with Gasteiger partial charge in [0.25, 0.3) is 0 Å². The van der Waals surface area contributed by atoms with Crippen molar-refractivity contribution in [2.75, 3.05) is 13.1 Å². The van der Waals surface area contributed by atoms with Gasteiger partial charge in [0.15, 0.2) is 0 Å². The second-order valence-corrected chi connectivity index (χ2v) is 7.88. The molecule has 2 saturated heterocycles. The first kappa shape index (κ1) is 18.5. The van der Waals surface area contributed by atoms with Crippen molar-refractivity contribution in [1.29, 1.82) is 0 Å². The first-order valence-corrected chi connectivity index (χ1v) is 8.99. The predicted molar refractivity (Wildman–Crippen MR) is 96.4 cm³/mol. The highest BCUT2D eigenvalue weighted by Gasteiger charge is 2.51. The van der Waals surface area contributed by atoms with Crippen LogP contribution < -0.4 is 5.73 Å². The summed E-state index contributed by atoms with van der Waals surface area (Å²) >= 11 is 0. The van der Waals surface area contributed by atoms with Crippen LogP contribution in [0.3, 0.4) is 0 Å². The van der Waals surface area contributed by atoms with Crippen LogP contribution in [0.15, 0.2) is 30.3 Å². The zero-order valence-corrected chi connectivity index (χ0v) is 15.6. The van der Waals surface area contributed by atoms with Gasteiger partial charge in [-0.05, 0) is 32.8 Å². The van der Waals surface area contributed by atoms with Gasteiger partial charge in [-0.25, -0.2) is 9.59 Å². The second kappa shape index (κ2) is 7.15. The fourth-order valence-electron chi connectivity index (χ4n) is 3.67. The summed E-state index contributed by atoms with van der Waals surface area (Å²) in [4.78, 5) is 28.3. The third kappa shape index (κ3) is 3.93. The van der Waals surface area contributed by atoms with Gasteiger partial charge in [-0.1, -0.05) is 30.3 Å². The number of fused-ring (bicyclic) bond motifs is 1. The molecule has 2 aliphatic rings. The van der Waals surface area contributed by atoms with Crippen LogP contribution in [0.4, 0.5) is 9.59 Å². The monoisotopic (exact) mass is 361 g/mol. The molecule has 2 fully saturated rings. The molecule has 2 amide bonds. The van der Waals surface area contributed by atoms with Crippen LogP contribution in [0.1, 0.15) is 32.8 Å². The van der Waals surface area contributed by atoms with E-state index in [9.17, 15) is 9.59 Å². The molecule has 3 rings (SSSR count). The third-order valence-electron chi connectivity index (χ3n) is 4.73. The molecular formula is C19H27N3O4. The summed E-state index contributed by atoms with van der Waals surface area (Å²) < 4.78 is 10.9. The molecule has 0 aromatic heterocycles. The number of likely N-dealkylation sites (tertiary alicyclic amines) is 2. The Morgan fingerprint density at radius 3 is 2.50 bits per heavy atom. The Morgan fingerprint density at radius 1 is 1.15 bits per heavy atom. The number of rotatable bonds is 2. The summed E-state index contributed by atoms with van der Waals surface area (Å²) in [5.74, 6) is 0. The molecule has 1 aromatic rings. The standard InChI is InChI=1S/C19H27N3O4/c1-19(2,3)26-18(24)22-11-14(20)16-15(22)9-10-21(16)17(23)25-12-13-7-5-4-6-8-13/h4-8,14-16H,9-12,20H2,1-3H3. The number of nitrogens with zero attached hydrogens (tertiary/aromatic N) is 2. The molecule has 0 spiro atoms. The molecule has 0 aliphatic carbocycles. The number of ether oxygens (including phenoxy) is 2. The van der Waals surface area contributed by atoms with Crippen LogP contribution in [0, 0.1) is 0 Å². The molecule has 3 unspecified atom stereocenters. The first-order chi connectivity index (χ1) is 12.3. The van der Waals surface area contributed by atoms with E-state index in [-0.39, 0.29) is 36.9 Å². The van der Waals surface area contributed by atoms with Crippen LogP contribution in [0.2, 0.25) is 0 Å². The average molecular weight is 361 g/mol. The number of carbonyl (C=O) groups excluding carboxylic acids is 2. The number of hydrogen-bond acceptors (Lipinski definition) is 5. The van der Waals surface area contributed by atoms with E-state index >= 15 is 0 Å². The van der Waals surface area contributed by atoms with Crippen molar-refractivity contribution in [2.24, 2.45) is 5.73 Å². The van der Waals surface area contributed by atoms with Gasteiger partial charge >= 0.3 is 12.2 Å². The molecule has 2 aliphatic heterocycles. The van der Waals surface area contributed by atoms with Crippen LogP contribution >= 0.6 is 0 Å². The van der Waals surface area contributed by atoms with E-state index in [1.165, 1.54) is 0 Å². The van der Waals surface area contributed by atoms with Crippen molar-refractivity contribution in [1.82, 2.24) is 9.80 Å². The second-order valence-electron chi connectivity index (χ2n) is 7.88. The number of hydrogen-bond donors (Lipinski definition) is 1. The lowest BCUT2D eigenvalue weighted by Gasteiger charge is -2.28. The van der Waals surface area contributed by atoms with E-state index < -0.39 is 5.60 Å². The lowest BCUT2D eigenvalue weighted by molar-refractivity contribution is 0.0220. The molecule has 2 heterocycles. The van der Waals surface area contributed by atoms with Crippen molar-refractivity contribution in [3.63, 3.8) is 0 Å². The fraction of sp³-hybridized carbons (Fsp3) is 0.579. The summed E-state index contributed by atoms with van der Waals surface area (Å²) in [6.07, 6.45) is -0.0827. The maximum atomic E-state index is 12.5. The van der Waals surface area contributed by atoms with Crippen molar-refractivity contribution in [3.8, 4) is 0 Å². The quantitative estimate of drug-likeness (QED) is 0.874. The fourth-order valence-corrected chi connectivity index (χ4v) is 3.67. The van der Waals surface area contributed by atoms with E-state index in [1.54, 1.807) is 9.80 Å². The molecule has 2 N–H and O–H groups in total. The minimum atomic E-state index is -0.563. The minimum absolute atomic E-state index is 0.121. The highest BCUT2D eigenvalue weighted by atomic mass is 16.6. The van der Waals surface area contributed by atoms with Crippen molar-refractivity contribution >= 4 is 12.2 Å². The van der Waals surface area contributed by atoms with E-state index in [0.717, 1.165) is 5.56 Å². The molecule has 0 radical (unpaired) electrons. The highest BCUT2D eigenvalue weighted by molar-refractivity contribution is 5.72. The topological polar surface area (TPSA) is 85.1 Å². The molecule has 3 atom stereocenters. The molecule has 7 heteroatoms. The normalized spacial score (nSPS) is 25.2. The van der Waals surface area contributed by atoms with Gasteiger partial charge in [0, 0.05) is 19.1 Å². The molecule has 1 aromatic carbocycles. The van der Waals surface area contributed by atoms with Crippen molar-refractivity contribution < 1.29 is 19.1 Å². The van der Waals surface area contributed by atoms with Gasteiger partial charge in [0.2, 0.25) is 0 Å². The number of amides is 2. The predicted octanol–water partition coefficient (Wildman–Crippen LogP) is 2.34. The Kier molecular flexibility index (Phi) is 5.09. The summed E-state index contributed by atoms with van der Waals surface area (Å²) in [6.45, 7) is 6.63. The van der Waals surface area contributed by atoms with Crippen molar-refractivity contribution in [3.05, 3.63) is 35.9 Å². The zero-order valence-electron chi connectivity index (χ0n) is 15.6. The van der Waals surface area contributed by atoms with Crippen LogP contribution in [-0.2, 0) is 16.1 Å². The van der Waals surface area contributed by atoms with Crippen LogP contribution in [0.5, 0.6) is 0 Å². The first-order valence-electron chi connectivity index (χ1n) is 8.99. The molecule has 0 saturated carbocycles. The highest BCUT2D eigenvalue weighted by Crippen LogP contribution is 2.32. The van der Waals surface area contributed by atoms with Gasteiger partial charge in [-0.15, -0.1) is 0 Å². The molecule has 7 nitrogen and oxygen atoms in total. The Hall–Kier alpha value is -2.28. The van der Waals surface area contributed by atoms with E-state index in [4.69, 9.17) is 15.2 Å². The Balaban J connectivity index is 1.62. The van der Waals surface area contributed by atoms with Gasteiger partial charge < -0.3 is 25.0 Å². The van der Waals surface area contributed by atoms with E-state index in [0.29, 0.717) is 19.5 Å². The number of carbonyl (C=O) groups is 2. The lowest BCUT2D eigenvalue weighted by Crippen LogP contribution is -2.48. The van der Waals surface area contributed by atoms with E-state index in [1.807, 2.05) is 51.1 Å². The van der Waals surface area contributed by atoms with Gasteiger partial charge in [-0.2, -0.15) is 0 Å². The van der Waals surface area contributed by atoms with Crippen molar-refractivity contribution in [2.45, 2.75) is 57.5 Å². The Bertz CT molecular complexity index is 658. The maximum Gasteiger partial charge on any atom is 0.410 e. The molecule has 142 valence electrons. The maximum absolute atomic E-state index is 12.5. The van der Waals surface area contributed by atoms with Crippen LogP contribution in [0.25, 0.3) is 0 Å². The Morgan fingerprint density at radius 2 is 1.85 bits per heavy atom. The zero-order chi connectivity index (χ0) is 18.9. The smallest absolute Gasteiger partial charge is 0.410 e. The SMILES string of the molecule is CC(C)(C)OC(=O)N1CC(N)C2C1CCN2C(=O)OCc1ccccc1. The van der Waals surface area contributed by atoms with Gasteiger partial charge in [-0.3, -0.25) is 0 Å².